The summed E-state index contributed by atoms with van der Waals surface area (Å²) in [6, 6.07) is 17.5. The highest BCUT2D eigenvalue weighted by molar-refractivity contribution is 6.31. The Kier molecular flexibility index (Phi) is 4.94. The van der Waals surface area contributed by atoms with Gasteiger partial charge in [0.25, 0.3) is 0 Å². The number of benzene rings is 2. The van der Waals surface area contributed by atoms with Crippen LogP contribution in [0.1, 0.15) is 31.2 Å². The van der Waals surface area contributed by atoms with Crippen LogP contribution in [-0.4, -0.2) is 27.9 Å². The fourth-order valence-corrected chi connectivity index (χ4v) is 5.20. The number of halogens is 1. The number of Topliss-reactive ketones (excluding diaryl/α,β-unsaturated/α-hetero) is 1. The van der Waals surface area contributed by atoms with E-state index >= 15 is 0 Å². The van der Waals surface area contributed by atoms with Crippen LogP contribution in [0.5, 0.6) is 5.75 Å². The zero-order valence-electron chi connectivity index (χ0n) is 17.4. The fourth-order valence-electron chi connectivity index (χ4n) is 5.08. The van der Waals surface area contributed by atoms with Crippen molar-refractivity contribution in [3.63, 3.8) is 0 Å². The summed E-state index contributed by atoms with van der Waals surface area (Å²) in [4.78, 5) is 21.5. The van der Waals surface area contributed by atoms with E-state index in [2.05, 4.69) is 15.3 Å². The highest BCUT2D eigenvalue weighted by Crippen LogP contribution is 2.69. The molecule has 3 aliphatic carbocycles. The first kappa shape index (κ1) is 20.0. The SMILES string of the molecule is Cc1cc(OCC(=O)CC23CC(Nc4nccc(-c5ccccc5)n4)(C2)C3)ccc1Cl. The highest BCUT2D eigenvalue weighted by atomic mass is 35.5. The van der Waals surface area contributed by atoms with Crippen LogP contribution < -0.4 is 10.1 Å². The molecule has 0 amide bonds. The fraction of sp³-hybridized carbons (Fsp3) is 0.320. The number of hydrogen-bond donors (Lipinski definition) is 1. The maximum atomic E-state index is 12.5. The number of hydrogen-bond acceptors (Lipinski definition) is 5. The number of carbonyl (C=O) groups excluding carboxylic acids is 1. The molecule has 1 N–H and O–H groups in total. The molecule has 3 aromatic rings. The van der Waals surface area contributed by atoms with E-state index in [0.29, 0.717) is 23.1 Å². The summed E-state index contributed by atoms with van der Waals surface area (Å²) in [6.45, 7) is 2.02. The van der Waals surface area contributed by atoms with Crippen molar-refractivity contribution in [2.24, 2.45) is 5.41 Å². The molecule has 0 unspecified atom stereocenters. The lowest BCUT2D eigenvalue weighted by Gasteiger charge is -2.70. The average molecular weight is 434 g/mol. The van der Waals surface area contributed by atoms with Gasteiger partial charge in [-0.3, -0.25) is 4.79 Å². The van der Waals surface area contributed by atoms with Crippen LogP contribution in [0.4, 0.5) is 5.95 Å². The molecule has 0 atom stereocenters. The van der Waals surface area contributed by atoms with Crippen LogP contribution in [0.3, 0.4) is 0 Å². The molecular weight excluding hydrogens is 410 g/mol. The molecule has 0 saturated heterocycles. The van der Waals surface area contributed by atoms with Crippen molar-refractivity contribution >= 4 is 23.3 Å². The molecule has 2 aromatic carbocycles. The van der Waals surface area contributed by atoms with Crippen LogP contribution in [0.15, 0.2) is 60.8 Å². The van der Waals surface area contributed by atoms with E-state index in [9.17, 15) is 4.79 Å². The predicted molar refractivity (Wildman–Crippen MR) is 121 cm³/mol. The number of nitrogens with zero attached hydrogens (tertiary/aromatic N) is 2. The zero-order chi connectivity index (χ0) is 21.5. The standard InChI is InChI=1S/C25H24ClN3O2/c1-17-11-20(7-8-21(17)26)31-13-19(30)12-24-14-25(15-24,16-24)29-23-27-10-9-22(28-23)18-5-3-2-4-6-18/h2-11H,12-16H2,1H3,(H,27,28,29). The lowest BCUT2D eigenvalue weighted by Crippen LogP contribution is -2.71. The van der Waals surface area contributed by atoms with Crippen molar-refractivity contribution < 1.29 is 9.53 Å². The number of anilines is 1. The minimum atomic E-state index is 0.0315. The van der Waals surface area contributed by atoms with Gasteiger partial charge in [0.05, 0.1) is 5.69 Å². The maximum Gasteiger partial charge on any atom is 0.223 e. The largest absolute Gasteiger partial charge is 0.486 e. The van der Waals surface area contributed by atoms with Crippen molar-refractivity contribution in [3.05, 3.63) is 71.4 Å². The van der Waals surface area contributed by atoms with E-state index in [1.54, 1.807) is 18.3 Å². The summed E-state index contributed by atoms with van der Waals surface area (Å²) in [6.07, 6.45) is 5.28. The Morgan fingerprint density at radius 2 is 1.90 bits per heavy atom. The monoisotopic (exact) mass is 433 g/mol. The predicted octanol–water partition coefficient (Wildman–Crippen LogP) is 5.48. The summed E-state index contributed by atoms with van der Waals surface area (Å²) in [5.74, 6) is 1.48. The van der Waals surface area contributed by atoms with E-state index in [4.69, 9.17) is 16.3 Å². The van der Waals surface area contributed by atoms with E-state index < -0.39 is 0 Å². The van der Waals surface area contributed by atoms with Gasteiger partial charge in [-0.05, 0) is 61.4 Å². The van der Waals surface area contributed by atoms with Crippen molar-refractivity contribution in [1.29, 1.82) is 0 Å². The van der Waals surface area contributed by atoms with Gasteiger partial charge < -0.3 is 10.1 Å². The summed E-state index contributed by atoms with van der Waals surface area (Å²) in [5.41, 5.74) is 3.06. The van der Waals surface area contributed by atoms with Gasteiger partial charge in [0.15, 0.2) is 5.78 Å². The lowest BCUT2D eigenvalue weighted by molar-refractivity contribution is -0.147. The third kappa shape index (κ3) is 4.02. The first-order chi connectivity index (χ1) is 14.9. The molecule has 5 nitrogen and oxygen atoms in total. The molecule has 0 aliphatic heterocycles. The van der Waals surface area contributed by atoms with Gasteiger partial charge in [-0.15, -0.1) is 0 Å². The van der Waals surface area contributed by atoms with Crippen LogP contribution in [-0.2, 0) is 4.79 Å². The highest BCUT2D eigenvalue weighted by Gasteiger charge is 2.68. The Balaban J connectivity index is 1.13. The molecule has 3 fully saturated rings. The molecule has 0 radical (unpaired) electrons. The van der Waals surface area contributed by atoms with E-state index in [0.717, 1.165) is 36.1 Å². The molecule has 2 bridgehead atoms. The zero-order valence-corrected chi connectivity index (χ0v) is 18.2. The Labute approximate surface area is 186 Å². The Hall–Kier alpha value is -2.92. The summed E-state index contributed by atoms with van der Waals surface area (Å²) in [7, 11) is 0. The number of ether oxygens (including phenoxy) is 1. The van der Waals surface area contributed by atoms with E-state index in [1.807, 2.05) is 49.4 Å². The van der Waals surface area contributed by atoms with Crippen molar-refractivity contribution in [2.75, 3.05) is 11.9 Å². The van der Waals surface area contributed by atoms with Crippen molar-refractivity contribution in [3.8, 4) is 17.0 Å². The molecule has 1 aromatic heterocycles. The van der Waals surface area contributed by atoms with E-state index in [-0.39, 0.29) is 23.3 Å². The number of aromatic nitrogens is 2. The number of carbonyl (C=O) groups is 1. The third-order valence-corrected chi connectivity index (χ3v) is 6.77. The number of rotatable bonds is 8. The maximum absolute atomic E-state index is 12.5. The molecule has 3 aliphatic rings. The molecule has 158 valence electrons. The summed E-state index contributed by atoms with van der Waals surface area (Å²) in [5, 5.41) is 4.22. The molecule has 6 heteroatoms. The van der Waals surface area contributed by atoms with Gasteiger partial charge in [-0.2, -0.15) is 0 Å². The van der Waals surface area contributed by atoms with Crippen molar-refractivity contribution in [1.82, 2.24) is 9.97 Å². The third-order valence-electron chi connectivity index (χ3n) is 6.34. The molecule has 1 heterocycles. The lowest BCUT2D eigenvalue weighted by atomic mass is 9.38. The second-order valence-corrected chi connectivity index (χ2v) is 9.39. The Morgan fingerprint density at radius 3 is 2.65 bits per heavy atom. The Bertz CT molecular complexity index is 1110. The minimum absolute atomic E-state index is 0.0315. The topological polar surface area (TPSA) is 64.1 Å². The van der Waals surface area contributed by atoms with E-state index in [1.165, 1.54) is 0 Å². The van der Waals surface area contributed by atoms with Crippen LogP contribution in [0.2, 0.25) is 5.02 Å². The van der Waals surface area contributed by atoms with Gasteiger partial charge in [-0.1, -0.05) is 41.9 Å². The first-order valence-electron chi connectivity index (χ1n) is 10.5. The van der Waals surface area contributed by atoms with Gasteiger partial charge in [-0.25, -0.2) is 9.97 Å². The first-order valence-corrected chi connectivity index (χ1v) is 10.9. The molecular formula is C25H24ClN3O2. The molecule has 31 heavy (non-hydrogen) atoms. The minimum Gasteiger partial charge on any atom is -0.486 e. The second kappa shape index (κ2) is 7.65. The van der Waals surface area contributed by atoms with Crippen LogP contribution in [0, 0.1) is 12.3 Å². The van der Waals surface area contributed by atoms with Gasteiger partial charge in [0.2, 0.25) is 5.95 Å². The second-order valence-electron chi connectivity index (χ2n) is 8.98. The summed E-state index contributed by atoms with van der Waals surface area (Å²) < 4.78 is 5.67. The number of ketones is 1. The quantitative estimate of drug-likeness (QED) is 0.509. The number of nitrogens with one attached hydrogen (secondary N) is 1. The Morgan fingerprint density at radius 1 is 1.13 bits per heavy atom. The van der Waals surface area contributed by atoms with Crippen LogP contribution >= 0.6 is 11.6 Å². The van der Waals surface area contributed by atoms with Crippen LogP contribution in [0.25, 0.3) is 11.3 Å². The van der Waals surface area contributed by atoms with Gasteiger partial charge >= 0.3 is 0 Å². The van der Waals surface area contributed by atoms with Crippen molar-refractivity contribution in [2.45, 2.75) is 38.1 Å². The van der Waals surface area contributed by atoms with Gasteiger partial charge in [0.1, 0.15) is 12.4 Å². The normalized spacial score (nSPS) is 23.4. The molecule has 0 spiro atoms. The smallest absolute Gasteiger partial charge is 0.223 e. The average Bonchev–Trinajstić information content (AvgIpc) is 2.73. The molecule has 3 saturated carbocycles. The molecule has 6 rings (SSSR count). The van der Waals surface area contributed by atoms with Gasteiger partial charge in [0, 0.05) is 28.7 Å². The number of aryl methyl sites for hydroxylation is 1. The summed E-state index contributed by atoms with van der Waals surface area (Å²) >= 11 is 6.04.